The van der Waals surface area contributed by atoms with Crippen molar-refractivity contribution >= 4 is 23.2 Å². The molecule has 0 radical (unpaired) electrons. The van der Waals surface area contributed by atoms with E-state index in [9.17, 15) is 9.59 Å². The van der Waals surface area contributed by atoms with Gasteiger partial charge in [0.15, 0.2) is 0 Å². The summed E-state index contributed by atoms with van der Waals surface area (Å²) in [6.07, 6.45) is 1.60. The van der Waals surface area contributed by atoms with E-state index in [1.165, 1.54) is 11.3 Å². The quantitative estimate of drug-likeness (QED) is 0.941. The second-order valence-corrected chi connectivity index (χ2v) is 7.10. The van der Waals surface area contributed by atoms with E-state index >= 15 is 0 Å². The maximum Gasteiger partial charge on any atom is 0.263 e. The molecule has 0 aliphatic carbocycles. The molecule has 23 heavy (non-hydrogen) atoms. The largest absolute Gasteiger partial charge is 0.349 e. The van der Waals surface area contributed by atoms with Crippen molar-refractivity contribution in [1.82, 2.24) is 10.2 Å². The molecule has 2 aromatic rings. The van der Waals surface area contributed by atoms with Gasteiger partial charge >= 0.3 is 0 Å². The molecule has 0 saturated carbocycles. The van der Waals surface area contributed by atoms with Gasteiger partial charge in [-0.1, -0.05) is 18.2 Å². The lowest BCUT2D eigenvalue weighted by molar-refractivity contribution is 0.0703. The van der Waals surface area contributed by atoms with E-state index in [1.54, 1.807) is 0 Å². The molecule has 1 aromatic carbocycles. The third kappa shape index (κ3) is 3.79. The van der Waals surface area contributed by atoms with Gasteiger partial charge in [0.1, 0.15) is 0 Å². The van der Waals surface area contributed by atoms with Crippen LogP contribution in [-0.4, -0.2) is 35.8 Å². The van der Waals surface area contributed by atoms with Gasteiger partial charge in [-0.05, 0) is 44.0 Å². The number of nitrogens with one attached hydrogen (secondary N) is 1. The first-order chi connectivity index (χ1) is 11.1. The Morgan fingerprint density at radius 3 is 2.39 bits per heavy atom. The van der Waals surface area contributed by atoms with E-state index in [0.29, 0.717) is 18.7 Å². The fraction of sp³-hybridized carbons (Fsp3) is 0.333. The number of benzene rings is 1. The summed E-state index contributed by atoms with van der Waals surface area (Å²) < 4.78 is 0. The van der Waals surface area contributed by atoms with Gasteiger partial charge in [-0.15, -0.1) is 11.3 Å². The van der Waals surface area contributed by atoms with Crippen molar-refractivity contribution in [3.05, 3.63) is 57.8 Å². The molecule has 0 bridgehead atoms. The summed E-state index contributed by atoms with van der Waals surface area (Å²) in [5.41, 5.74) is 0.681. The van der Waals surface area contributed by atoms with Gasteiger partial charge in [0.05, 0.1) is 4.88 Å². The first-order valence-electron chi connectivity index (χ1n) is 7.85. The molecule has 0 spiro atoms. The van der Waals surface area contributed by atoms with Gasteiger partial charge in [-0.25, -0.2) is 0 Å². The van der Waals surface area contributed by atoms with Crippen molar-refractivity contribution in [3.8, 4) is 0 Å². The third-order valence-electron chi connectivity index (χ3n) is 4.10. The Bertz CT molecular complexity index is 688. The summed E-state index contributed by atoms with van der Waals surface area (Å²) in [6, 6.07) is 13.2. The molecule has 3 rings (SSSR count). The van der Waals surface area contributed by atoms with E-state index in [4.69, 9.17) is 0 Å². The number of carbonyl (C=O) groups excluding carboxylic acids is 2. The number of carbonyl (C=O) groups is 2. The molecule has 2 heterocycles. The van der Waals surface area contributed by atoms with E-state index < -0.39 is 0 Å². The number of likely N-dealkylation sites (tertiary alicyclic amines) is 1. The normalized spacial score (nSPS) is 15.4. The Morgan fingerprint density at radius 2 is 1.78 bits per heavy atom. The van der Waals surface area contributed by atoms with Crippen molar-refractivity contribution in [2.24, 2.45) is 0 Å². The summed E-state index contributed by atoms with van der Waals surface area (Å²) in [7, 11) is 0. The molecule has 1 N–H and O–H groups in total. The van der Waals surface area contributed by atoms with Crippen LogP contribution in [0.15, 0.2) is 42.5 Å². The number of aryl methyl sites for hydroxylation is 1. The van der Waals surface area contributed by atoms with Gasteiger partial charge in [-0.2, -0.15) is 0 Å². The average Bonchev–Trinajstić information content (AvgIpc) is 3.02. The van der Waals surface area contributed by atoms with Crippen LogP contribution in [0.25, 0.3) is 0 Å². The smallest absolute Gasteiger partial charge is 0.263 e. The molecule has 5 heteroatoms. The number of amides is 2. The lowest BCUT2D eigenvalue weighted by Crippen LogP contribution is -2.46. The van der Waals surface area contributed by atoms with Crippen molar-refractivity contribution in [2.75, 3.05) is 13.1 Å². The highest BCUT2D eigenvalue weighted by Crippen LogP contribution is 2.20. The zero-order valence-electron chi connectivity index (χ0n) is 13.1. The lowest BCUT2D eigenvalue weighted by Gasteiger charge is -2.32. The maximum absolute atomic E-state index is 12.4. The molecule has 1 fully saturated rings. The highest BCUT2D eigenvalue weighted by Gasteiger charge is 2.25. The number of nitrogens with zero attached hydrogens (tertiary/aromatic N) is 1. The minimum Gasteiger partial charge on any atom is -0.349 e. The second kappa shape index (κ2) is 6.96. The van der Waals surface area contributed by atoms with Gasteiger partial charge in [0.25, 0.3) is 11.8 Å². The van der Waals surface area contributed by atoms with Crippen LogP contribution in [0.2, 0.25) is 0 Å². The molecule has 120 valence electrons. The Hall–Kier alpha value is -2.14. The predicted molar refractivity (Wildman–Crippen MR) is 91.9 cm³/mol. The van der Waals surface area contributed by atoms with Crippen LogP contribution in [-0.2, 0) is 0 Å². The van der Waals surface area contributed by atoms with Gasteiger partial charge in [-0.3, -0.25) is 9.59 Å². The third-order valence-corrected chi connectivity index (χ3v) is 5.09. The van der Waals surface area contributed by atoms with E-state index in [-0.39, 0.29) is 17.9 Å². The van der Waals surface area contributed by atoms with Crippen LogP contribution in [0.1, 0.15) is 37.7 Å². The molecular formula is C18H20N2O2S. The van der Waals surface area contributed by atoms with Gasteiger partial charge < -0.3 is 10.2 Å². The average molecular weight is 328 g/mol. The Kier molecular flexibility index (Phi) is 4.76. The summed E-state index contributed by atoms with van der Waals surface area (Å²) in [5.74, 6) is 0.0696. The van der Waals surface area contributed by atoms with Crippen LogP contribution >= 0.6 is 11.3 Å². The SMILES string of the molecule is Cc1ccc(C(=O)N2CCC(NC(=O)c3ccccc3)CC2)s1. The molecule has 4 nitrogen and oxygen atoms in total. The van der Waals surface area contributed by atoms with Crippen molar-refractivity contribution in [2.45, 2.75) is 25.8 Å². The van der Waals surface area contributed by atoms with E-state index in [1.807, 2.05) is 54.3 Å². The second-order valence-electron chi connectivity index (χ2n) is 5.82. The first kappa shape index (κ1) is 15.7. The molecule has 1 aliphatic rings. The molecule has 1 aromatic heterocycles. The van der Waals surface area contributed by atoms with E-state index in [2.05, 4.69) is 5.32 Å². The Balaban J connectivity index is 1.52. The maximum atomic E-state index is 12.4. The standard InChI is InChI=1S/C18H20N2O2S/c1-13-7-8-16(23-13)18(22)20-11-9-15(10-12-20)19-17(21)14-5-3-2-4-6-14/h2-8,15H,9-12H2,1H3,(H,19,21). The monoisotopic (exact) mass is 328 g/mol. The zero-order valence-corrected chi connectivity index (χ0v) is 13.9. The first-order valence-corrected chi connectivity index (χ1v) is 8.67. The molecule has 0 unspecified atom stereocenters. The number of hydrogen-bond acceptors (Lipinski definition) is 3. The highest BCUT2D eigenvalue weighted by molar-refractivity contribution is 7.13. The van der Waals surface area contributed by atoms with Gasteiger partial charge in [0.2, 0.25) is 0 Å². The Labute approximate surface area is 140 Å². The van der Waals surface area contributed by atoms with Crippen LogP contribution in [0.4, 0.5) is 0 Å². The van der Waals surface area contributed by atoms with Gasteiger partial charge in [0, 0.05) is 29.6 Å². The van der Waals surface area contributed by atoms with Crippen molar-refractivity contribution in [3.63, 3.8) is 0 Å². The minimum absolute atomic E-state index is 0.0377. The zero-order chi connectivity index (χ0) is 16.2. The fourth-order valence-electron chi connectivity index (χ4n) is 2.79. The topological polar surface area (TPSA) is 49.4 Å². The van der Waals surface area contributed by atoms with Crippen LogP contribution in [0, 0.1) is 6.92 Å². The van der Waals surface area contributed by atoms with Crippen LogP contribution < -0.4 is 5.32 Å². The number of rotatable bonds is 3. The summed E-state index contributed by atoms with van der Waals surface area (Å²) in [6.45, 7) is 3.39. The number of piperidine rings is 1. The van der Waals surface area contributed by atoms with Crippen molar-refractivity contribution < 1.29 is 9.59 Å². The minimum atomic E-state index is -0.0377. The number of thiophene rings is 1. The van der Waals surface area contributed by atoms with E-state index in [0.717, 1.165) is 22.6 Å². The predicted octanol–water partition coefficient (Wildman–Crippen LogP) is 3.09. The van der Waals surface area contributed by atoms with Crippen LogP contribution in [0.3, 0.4) is 0 Å². The Morgan fingerprint density at radius 1 is 1.09 bits per heavy atom. The van der Waals surface area contributed by atoms with Crippen LogP contribution in [0.5, 0.6) is 0 Å². The summed E-state index contributed by atoms with van der Waals surface area (Å²) in [4.78, 5) is 28.4. The molecular weight excluding hydrogens is 308 g/mol. The number of hydrogen-bond donors (Lipinski definition) is 1. The molecule has 2 amide bonds. The molecule has 1 aliphatic heterocycles. The highest BCUT2D eigenvalue weighted by atomic mass is 32.1. The summed E-state index contributed by atoms with van der Waals surface area (Å²) in [5, 5.41) is 3.06. The van der Waals surface area contributed by atoms with Crippen molar-refractivity contribution in [1.29, 1.82) is 0 Å². The lowest BCUT2D eigenvalue weighted by atomic mass is 10.0. The molecule has 1 saturated heterocycles. The summed E-state index contributed by atoms with van der Waals surface area (Å²) >= 11 is 1.54. The molecule has 0 atom stereocenters. The fourth-order valence-corrected chi connectivity index (χ4v) is 3.63.